The molecule has 2 aromatic rings. The number of nitrogens with zero attached hydrogens (tertiary/aromatic N) is 2. The highest BCUT2D eigenvalue weighted by Crippen LogP contribution is 2.33. The summed E-state index contributed by atoms with van der Waals surface area (Å²) in [5.41, 5.74) is 1.34. The van der Waals surface area contributed by atoms with Crippen molar-refractivity contribution in [3.05, 3.63) is 52.6 Å². The van der Waals surface area contributed by atoms with Gasteiger partial charge in [0.2, 0.25) is 0 Å². The lowest BCUT2D eigenvalue weighted by Gasteiger charge is -2.15. The van der Waals surface area contributed by atoms with E-state index in [0.29, 0.717) is 6.73 Å². The van der Waals surface area contributed by atoms with Crippen molar-refractivity contribution in [3.8, 4) is 5.75 Å². The van der Waals surface area contributed by atoms with Gasteiger partial charge in [-0.25, -0.2) is 4.98 Å². The SMILES string of the molecule is Brc1cnc2c(c1)OCN2CCc1ccccc1. The van der Waals surface area contributed by atoms with Crippen LogP contribution in [0.3, 0.4) is 0 Å². The number of anilines is 1. The average molecular weight is 305 g/mol. The van der Waals surface area contributed by atoms with Crippen LogP contribution in [0.15, 0.2) is 47.1 Å². The molecule has 18 heavy (non-hydrogen) atoms. The predicted molar refractivity (Wildman–Crippen MR) is 74.9 cm³/mol. The molecule has 1 aliphatic rings. The summed E-state index contributed by atoms with van der Waals surface area (Å²) >= 11 is 3.40. The fourth-order valence-corrected chi connectivity index (χ4v) is 2.36. The second-order valence-corrected chi connectivity index (χ2v) is 5.16. The van der Waals surface area contributed by atoms with Crippen molar-refractivity contribution in [2.45, 2.75) is 6.42 Å². The lowest BCUT2D eigenvalue weighted by atomic mass is 10.1. The zero-order valence-electron chi connectivity index (χ0n) is 9.84. The van der Waals surface area contributed by atoms with E-state index < -0.39 is 0 Å². The molecule has 3 rings (SSSR count). The molecule has 0 aliphatic carbocycles. The van der Waals surface area contributed by atoms with Crippen molar-refractivity contribution in [2.24, 2.45) is 0 Å². The number of aromatic nitrogens is 1. The first-order chi connectivity index (χ1) is 8.83. The number of benzene rings is 1. The Kier molecular flexibility index (Phi) is 3.19. The van der Waals surface area contributed by atoms with E-state index in [9.17, 15) is 0 Å². The number of rotatable bonds is 3. The minimum absolute atomic E-state index is 0.589. The Morgan fingerprint density at radius 1 is 1.28 bits per heavy atom. The number of ether oxygens (including phenoxy) is 1. The van der Waals surface area contributed by atoms with Gasteiger partial charge in [-0.05, 0) is 34.0 Å². The largest absolute Gasteiger partial charge is 0.469 e. The number of fused-ring (bicyclic) bond motifs is 1. The Balaban J connectivity index is 1.70. The molecule has 4 heteroatoms. The van der Waals surface area contributed by atoms with Crippen LogP contribution in [-0.4, -0.2) is 18.3 Å². The summed E-state index contributed by atoms with van der Waals surface area (Å²) < 4.78 is 6.56. The van der Waals surface area contributed by atoms with Crippen LogP contribution < -0.4 is 9.64 Å². The predicted octanol–water partition coefficient (Wildman–Crippen LogP) is 3.24. The summed E-state index contributed by atoms with van der Waals surface area (Å²) in [5, 5.41) is 0. The van der Waals surface area contributed by atoms with Crippen molar-refractivity contribution < 1.29 is 4.74 Å². The van der Waals surface area contributed by atoms with Gasteiger partial charge in [0.1, 0.15) is 0 Å². The molecule has 0 saturated heterocycles. The summed E-state index contributed by atoms with van der Waals surface area (Å²) in [6.45, 7) is 1.51. The molecule has 0 atom stereocenters. The van der Waals surface area contributed by atoms with Crippen LogP contribution in [0.4, 0.5) is 5.82 Å². The van der Waals surface area contributed by atoms with E-state index in [1.807, 2.05) is 18.3 Å². The fourth-order valence-electron chi connectivity index (χ4n) is 2.04. The van der Waals surface area contributed by atoms with Crippen LogP contribution in [0.2, 0.25) is 0 Å². The maximum atomic E-state index is 5.61. The molecule has 0 fully saturated rings. The number of hydrogen-bond donors (Lipinski definition) is 0. The van der Waals surface area contributed by atoms with Crippen LogP contribution in [0, 0.1) is 0 Å². The molecular weight excluding hydrogens is 292 g/mol. The van der Waals surface area contributed by atoms with Gasteiger partial charge in [-0.3, -0.25) is 0 Å². The molecule has 1 aromatic carbocycles. The van der Waals surface area contributed by atoms with Crippen LogP contribution >= 0.6 is 15.9 Å². The van der Waals surface area contributed by atoms with E-state index in [1.54, 1.807) is 0 Å². The van der Waals surface area contributed by atoms with Gasteiger partial charge in [0.15, 0.2) is 18.3 Å². The van der Waals surface area contributed by atoms with Crippen LogP contribution in [0.25, 0.3) is 0 Å². The minimum Gasteiger partial charge on any atom is -0.469 e. The topological polar surface area (TPSA) is 25.4 Å². The van der Waals surface area contributed by atoms with Crippen LogP contribution in [0.5, 0.6) is 5.75 Å². The summed E-state index contributed by atoms with van der Waals surface area (Å²) in [6.07, 6.45) is 2.81. The molecule has 0 saturated carbocycles. The molecule has 0 amide bonds. The van der Waals surface area contributed by atoms with Crippen LogP contribution in [0.1, 0.15) is 5.56 Å². The summed E-state index contributed by atoms with van der Waals surface area (Å²) in [6, 6.07) is 12.4. The van der Waals surface area contributed by atoms with Gasteiger partial charge in [0.05, 0.1) is 0 Å². The lowest BCUT2D eigenvalue weighted by Crippen LogP contribution is -2.25. The zero-order valence-corrected chi connectivity index (χ0v) is 11.4. The fraction of sp³-hybridized carbons (Fsp3) is 0.214. The molecule has 92 valence electrons. The summed E-state index contributed by atoms with van der Waals surface area (Å²) in [4.78, 5) is 6.57. The molecule has 1 aromatic heterocycles. The quantitative estimate of drug-likeness (QED) is 0.870. The Labute approximate surface area is 115 Å². The van der Waals surface area contributed by atoms with Crippen molar-refractivity contribution in [2.75, 3.05) is 18.2 Å². The van der Waals surface area contributed by atoms with Gasteiger partial charge in [-0.15, -0.1) is 0 Å². The van der Waals surface area contributed by atoms with E-state index in [4.69, 9.17) is 4.74 Å². The van der Waals surface area contributed by atoms with Crippen molar-refractivity contribution >= 4 is 21.7 Å². The highest BCUT2D eigenvalue weighted by molar-refractivity contribution is 9.10. The molecule has 0 N–H and O–H groups in total. The maximum Gasteiger partial charge on any atom is 0.174 e. The van der Waals surface area contributed by atoms with Crippen LogP contribution in [-0.2, 0) is 6.42 Å². The molecule has 0 bridgehead atoms. The van der Waals surface area contributed by atoms with Gasteiger partial charge in [-0.1, -0.05) is 30.3 Å². The third kappa shape index (κ3) is 2.34. The second-order valence-electron chi connectivity index (χ2n) is 4.25. The van der Waals surface area contributed by atoms with E-state index in [2.05, 4.69) is 50.1 Å². The number of pyridine rings is 1. The molecule has 0 radical (unpaired) electrons. The molecule has 2 heterocycles. The summed E-state index contributed by atoms with van der Waals surface area (Å²) in [7, 11) is 0. The third-order valence-corrected chi connectivity index (χ3v) is 3.42. The summed E-state index contributed by atoms with van der Waals surface area (Å²) in [5.74, 6) is 1.80. The first-order valence-electron chi connectivity index (χ1n) is 5.90. The zero-order chi connectivity index (χ0) is 12.4. The Bertz CT molecular complexity index is 545. The molecule has 3 nitrogen and oxygen atoms in total. The van der Waals surface area contributed by atoms with Gasteiger partial charge in [-0.2, -0.15) is 0 Å². The van der Waals surface area contributed by atoms with E-state index in [0.717, 1.165) is 29.0 Å². The molecular formula is C14H13BrN2O. The smallest absolute Gasteiger partial charge is 0.174 e. The highest BCUT2D eigenvalue weighted by atomic mass is 79.9. The second kappa shape index (κ2) is 4.98. The first kappa shape index (κ1) is 11.5. The average Bonchev–Trinajstić information content (AvgIpc) is 2.80. The molecule has 0 unspecified atom stereocenters. The number of halogens is 1. The molecule has 1 aliphatic heterocycles. The van der Waals surface area contributed by atoms with E-state index >= 15 is 0 Å². The van der Waals surface area contributed by atoms with Gasteiger partial charge in [0, 0.05) is 17.2 Å². The maximum absolute atomic E-state index is 5.61. The highest BCUT2D eigenvalue weighted by Gasteiger charge is 2.21. The normalized spacial score (nSPS) is 13.3. The van der Waals surface area contributed by atoms with E-state index in [1.165, 1.54) is 5.56 Å². The van der Waals surface area contributed by atoms with E-state index in [-0.39, 0.29) is 0 Å². The van der Waals surface area contributed by atoms with Crippen molar-refractivity contribution in [1.82, 2.24) is 4.98 Å². The van der Waals surface area contributed by atoms with Crippen molar-refractivity contribution in [3.63, 3.8) is 0 Å². The van der Waals surface area contributed by atoms with Crippen molar-refractivity contribution in [1.29, 1.82) is 0 Å². The minimum atomic E-state index is 0.589. The van der Waals surface area contributed by atoms with Gasteiger partial charge >= 0.3 is 0 Å². The monoisotopic (exact) mass is 304 g/mol. The Hall–Kier alpha value is -1.55. The Morgan fingerprint density at radius 2 is 2.11 bits per heavy atom. The number of hydrogen-bond acceptors (Lipinski definition) is 3. The molecule has 0 spiro atoms. The standard InChI is InChI=1S/C14H13BrN2O/c15-12-8-13-14(16-9-12)17(10-18-13)7-6-11-4-2-1-3-5-11/h1-5,8-9H,6-7,10H2. The van der Waals surface area contributed by atoms with Gasteiger partial charge in [0.25, 0.3) is 0 Å². The third-order valence-electron chi connectivity index (χ3n) is 2.99. The first-order valence-corrected chi connectivity index (χ1v) is 6.69. The lowest BCUT2D eigenvalue weighted by molar-refractivity contribution is 0.347. The Morgan fingerprint density at radius 3 is 2.94 bits per heavy atom. The van der Waals surface area contributed by atoms with Gasteiger partial charge < -0.3 is 9.64 Å².